The molecular formula is C17H19BrN2O3S. The van der Waals surface area contributed by atoms with Crippen LogP contribution in [0.25, 0.3) is 0 Å². The van der Waals surface area contributed by atoms with E-state index in [-0.39, 0.29) is 16.4 Å². The molecule has 0 radical (unpaired) electrons. The van der Waals surface area contributed by atoms with Crippen molar-refractivity contribution in [2.45, 2.75) is 18.2 Å². The van der Waals surface area contributed by atoms with Crippen LogP contribution in [0.5, 0.6) is 0 Å². The van der Waals surface area contributed by atoms with Gasteiger partial charge in [0.05, 0.1) is 4.90 Å². The fourth-order valence-electron chi connectivity index (χ4n) is 2.11. The molecule has 0 spiro atoms. The fraction of sp³-hybridized carbons (Fsp3) is 0.235. The van der Waals surface area contributed by atoms with E-state index >= 15 is 0 Å². The summed E-state index contributed by atoms with van der Waals surface area (Å²) in [5.74, 6) is -0.356. The van der Waals surface area contributed by atoms with Crippen molar-refractivity contribution in [2.75, 3.05) is 19.4 Å². The number of aryl methyl sites for hydroxylation is 1. The molecule has 0 aliphatic carbocycles. The third kappa shape index (κ3) is 4.03. The summed E-state index contributed by atoms with van der Waals surface area (Å²) >= 11 is 3.23. The Hall–Kier alpha value is -1.70. The Morgan fingerprint density at radius 1 is 1.17 bits per heavy atom. The number of nitrogens with one attached hydrogen (secondary N) is 1. The Labute approximate surface area is 150 Å². The van der Waals surface area contributed by atoms with E-state index < -0.39 is 10.0 Å². The van der Waals surface area contributed by atoms with Crippen molar-refractivity contribution in [1.29, 1.82) is 0 Å². The van der Waals surface area contributed by atoms with Gasteiger partial charge in [0.2, 0.25) is 10.0 Å². The molecule has 0 unspecified atom stereocenters. The van der Waals surface area contributed by atoms with E-state index in [1.165, 1.54) is 20.2 Å². The Morgan fingerprint density at radius 3 is 2.50 bits per heavy atom. The van der Waals surface area contributed by atoms with Gasteiger partial charge in [0.15, 0.2) is 0 Å². The lowest BCUT2D eigenvalue weighted by Crippen LogP contribution is -2.23. The number of hydrogen-bond acceptors (Lipinski definition) is 3. The molecule has 0 heterocycles. The molecule has 5 nitrogen and oxygen atoms in total. The van der Waals surface area contributed by atoms with Gasteiger partial charge in [-0.1, -0.05) is 19.1 Å². The normalized spacial score (nSPS) is 11.5. The zero-order valence-corrected chi connectivity index (χ0v) is 16.1. The summed E-state index contributed by atoms with van der Waals surface area (Å²) in [4.78, 5) is 12.5. The quantitative estimate of drug-likeness (QED) is 0.819. The number of anilines is 1. The minimum atomic E-state index is -3.64. The predicted octanol–water partition coefficient (Wildman–Crippen LogP) is 3.51. The fourth-order valence-corrected chi connectivity index (χ4v) is 3.96. The molecule has 1 amide bonds. The Morgan fingerprint density at radius 2 is 1.88 bits per heavy atom. The van der Waals surface area contributed by atoms with Gasteiger partial charge in [-0.15, -0.1) is 0 Å². The lowest BCUT2D eigenvalue weighted by molar-refractivity contribution is 0.102. The number of sulfonamides is 1. The first-order chi connectivity index (χ1) is 11.3. The minimum absolute atomic E-state index is 0.0578. The van der Waals surface area contributed by atoms with E-state index in [0.717, 1.165) is 16.3 Å². The first kappa shape index (κ1) is 18.6. The minimum Gasteiger partial charge on any atom is -0.322 e. The molecule has 1 N–H and O–H groups in total. The smallest absolute Gasteiger partial charge is 0.255 e. The van der Waals surface area contributed by atoms with Crippen LogP contribution >= 0.6 is 15.9 Å². The molecule has 0 saturated carbocycles. The molecule has 24 heavy (non-hydrogen) atoms. The molecule has 0 aromatic heterocycles. The van der Waals surface area contributed by atoms with Crippen molar-refractivity contribution in [3.05, 3.63) is 58.1 Å². The van der Waals surface area contributed by atoms with E-state index in [4.69, 9.17) is 0 Å². The number of rotatable bonds is 5. The number of amides is 1. The highest BCUT2D eigenvalue weighted by Crippen LogP contribution is 2.25. The number of benzene rings is 2. The van der Waals surface area contributed by atoms with Crippen LogP contribution in [0, 0.1) is 0 Å². The van der Waals surface area contributed by atoms with Crippen molar-refractivity contribution in [3.63, 3.8) is 0 Å². The first-order valence-electron chi connectivity index (χ1n) is 7.38. The SMILES string of the molecule is CCc1cccc(NC(=O)c2ccc(Br)c(S(=O)(=O)N(C)C)c2)c1. The van der Waals surface area contributed by atoms with Gasteiger partial charge in [-0.05, 0) is 58.2 Å². The number of nitrogens with zero attached hydrogens (tertiary/aromatic N) is 1. The first-order valence-corrected chi connectivity index (χ1v) is 9.61. The molecule has 0 aliphatic rings. The van der Waals surface area contributed by atoms with Crippen LogP contribution in [0.4, 0.5) is 5.69 Å². The van der Waals surface area contributed by atoms with Crippen LogP contribution in [-0.2, 0) is 16.4 Å². The molecule has 2 aromatic rings. The molecule has 0 saturated heterocycles. The highest BCUT2D eigenvalue weighted by Gasteiger charge is 2.22. The summed E-state index contributed by atoms with van der Waals surface area (Å²) in [6.45, 7) is 2.04. The van der Waals surface area contributed by atoms with Crippen molar-refractivity contribution in [3.8, 4) is 0 Å². The van der Waals surface area contributed by atoms with Gasteiger partial charge in [0, 0.05) is 29.8 Å². The molecular weight excluding hydrogens is 392 g/mol. The number of hydrogen-bond donors (Lipinski definition) is 1. The summed E-state index contributed by atoms with van der Waals surface area (Å²) < 4.78 is 26.2. The van der Waals surface area contributed by atoms with Crippen LogP contribution < -0.4 is 5.32 Å². The Bertz CT molecular complexity index is 864. The topological polar surface area (TPSA) is 66.5 Å². The van der Waals surface area contributed by atoms with E-state index in [1.807, 2.05) is 25.1 Å². The van der Waals surface area contributed by atoms with E-state index in [9.17, 15) is 13.2 Å². The second-order valence-corrected chi connectivity index (χ2v) is 8.42. The van der Waals surface area contributed by atoms with Gasteiger partial charge in [-0.3, -0.25) is 4.79 Å². The van der Waals surface area contributed by atoms with Crippen LogP contribution in [0.1, 0.15) is 22.8 Å². The van der Waals surface area contributed by atoms with Crippen LogP contribution in [-0.4, -0.2) is 32.7 Å². The largest absolute Gasteiger partial charge is 0.322 e. The highest BCUT2D eigenvalue weighted by atomic mass is 79.9. The van der Waals surface area contributed by atoms with Gasteiger partial charge < -0.3 is 5.32 Å². The summed E-state index contributed by atoms with van der Waals surface area (Å²) in [7, 11) is -0.742. The number of carbonyl (C=O) groups excluding carboxylic acids is 1. The maximum atomic E-state index is 12.4. The monoisotopic (exact) mass is 410 g/mol. The summed E-state index contributed by atoms with van der Waals surface area (Å²) in [5.41, 5.74) is 2.07. The molecule has 2 aromatic carbocycles. The maximum absolute atomic E-state index is 12.4. The summed E-state index contributed by atoms with van der Waals surface area (Å²) in [6, 6.07) is 12.1. The highest BCUT2D eigenvalue weighted by molar-refractivity contribution is 9.10. The maximum Gasteiger partial charge on any atom is 0.255 e. The van der Waals surface area contributed by atoms with Gasteiger partial charge >= 0.3 is 0 Å². The Balaban J connectivity index is 2.34. The Kier molecular flexibility index (Phi) is 5.79. The van der Waals surface area contributed by atoms with Gasteiger partial charge in [0.1, 0.15) is 0 Å². The van der Waals surface area contributed by atoms with Gasteiger partial charge in [-0.2, -0.15) is 0 Å². The molecule has 128 valence electrons. The standard InChI is InChI=1S/C17H19BrN2O3S/c1-4-12-6-5-7-14(10-12)19-17(21)13-8-9-15(18)16(11-13)24(22,23)20(2)3/h5-11H,4H2,1-3H3,(H,19,21). The second kappa shape index (κ2) is 7.46. The van der Waals surface area contributed by atoms with Crippen LogP contribution in [0.3, 0.4) is 0 Å². The van der Waals surface area contributed by atoms with E-state index in [2.05, 4.69) is 21.2 Å². The summed E-state index contributed by atoms with van der Waals surface area (Å²) in [6.07, 6.45) is 0.868. The average molecular weight is 411 g/mol. The molecule has 0 bridgehead atoms. The zero-order chi connectivity index (χ0) is 17.9. The molecule has 0 fully saturated rings. The number of halogens is 1. The van der Waals surface area contributed by atoms with Crippen molar-refractivity contribution < 1.29 is 13.2 Å². The number of carbonyl (C=O) groups is 1. The molecule has 0 atom stereocenters. The lowest BCUT2D eigenvalue weighted by atomic mass is 10.1. The average Bonchev–Trinajstić information content (AvgIpc) is 2.55. The van der Waals surface area contributed by atoms with Crippen molar-refractivity contribution in [2.24, 2.45) is 0 Å². The summed E-state index contributed by atoms with van der Waals surface area (Å²) in [5, 5.41) is 2.80. The van der Waals surface area contributed by atoms with Crippen molar-refractivity contribution in [1.82, 2.24) is 4.31 Å². The zero-order valence-electron chi connectivity index (χ0n) is 13.7. The predicted molar refractivity (Wildman–Crippen MR) is 98.8 cm³/mol. The molecule has 7 heteroatoms. The van der Waals surface area contributed by atoms with Crippen LogP contribution in [0.15, 0.2) is 51.8 Å². The van der Waals surface area contributed by atoms with E-state index in [1.54, 1.807) is 18.2 Å². The third-order valence-electron chi connectivity index (χ3n) is 3.55. The van der Waals surface area contributed by atoms with Crippen LogP contribution in [0.2, 0.25) is 0 Å². The molecule has 0 aliphatic heterocycles. The lowest BCUT2D eigenvalue weighted by Gasteiger charge is -2.14. The molecule has 2 rings (SSSR count). The van der Waals surface area contributed by atoms with Gasteiger partial charge in [-0.25, -0.2) is 12.7 Å². The van der Waals surface area contributed by atoms with Gasteiger partial charge in [0.25, 0.3) is 5.91 Å². The third-order valence-corrected chi connectivity index (χ3v) is 6.35. The van der Waals surface area contributed by atoms with E-state index in [0.29, 0.717) is 10.2 Å². The second-order valence-electron chi connectivity index (χ2n) is 5.44. The van der Waals surface area contributed by atoms with Crippen molar-refractivity contribution >= 4 is 37.5 Å².